The highest BCUT2D eigenvalue weighted by atomic mass is 32.1. The Hall–Kier alpha value is -3.15. The van der Waals surface area contributed by atoms with Gasteiger partial charge in [-0.1, -0.05) is 19.9 Å². The van der Waals surface area contributed by atoms with Gasteiger partial charge in [-0.2, -0.15) is 0 Å². The summed E-state index contributed by atoms with van der Waals surface area (Å²) in [6.45, 7) is 5.81. The second kappa shape index (κ2) is 11.5. The maximum Gasteiger partial charge on any atom is 0.274 e. The van der Waals surface area contributed by atoms with E-state index in [2.05, 4.69) is 4.98 Å². The Morgan fingerprint density at radius 3 is 2.73 bits per heavy atom. The number of hydrogen-bond donors (Lipinski definition) is 1. The maximum atomic E-state index is 14.1. The lowest BCUT2D eigenvalue weighted by Gasteiger charge is -2.38. The van der Waals surface area contributed by atoms with E-state index in [9.17, 15) is 23.5 Å². The van der Waals surface area contributed by atoms with E-state index in [1.165, 1.54) is 35.9 Å². The van der Waals surface area contributed by atoms with E-state index in [-0.39, 0.29) is 36.2 Å². The first-order valence-electron chi connectivity index (χ1n) is 11.9. The van der Waals surface area contributed by atoms with Crippen molar-refractivity contribution in [2.45, 2.75) is 32.9 Å². The van der Waals surface area contributed by atoms with Crippen LogP contribution in [0.1, 0.15) is 34.8 Å². The van der Waals surface area contributed by atoms with Crippen LogP contribution in [0.5, 0.6) is 5.75 Å². The van der Waals surface area contributed by atoms with Crippen molar-refractivity contribution in [2.24, 2.45) is 5.92 Å². The van der Waals surface area contributed by atoms with Gasteiger partial charge in [0.1, 0.15) is 16.6 Å². The Labute approximate surface area is 217 Å². The lowest BCUT2D eigenvalue weighted by atomic mass is 10.1. The van der Waals surface area contributed by atoms with Crippen LogP contribution < -0.4 is 5.43 Å². The molecule has 3 heterocycles. The van der Waals surface area contributed by atoms with E-state index in [4.69, 9.17) is 9.47 Å². The first-order chi connectivity index (χ1) is 17.7. The molecule has 0 saturated carbocycles. The van der Waals surface area contributed by atoms with Crippen LogP contribution >= 0.6 is 11.3 Å². The van der Waals surface area contributed by atoms with Crippen LogP contribution in [-0.2, 0) is 22.4 Å². The van der Waals surface area contributed by atoms with E-state index in [1.807, 2.05) is 13.8 Å². The number of halogens is 2. The van der Waals surface area contributed by atoms with Crippen molar-refractivity contribution in [3.8, 4) is 16.3 Å². The van der Waals surface area contributed by atoms with Gasteiger partial charge in [-0.25, -0.2) is 13.8 Å². The Morgan fingerprint density at radius 1 is 1.24 bits per heavy atom. The summed E-state index contributed by atoms with van der Waals surface area (Å²) < 4.78 is 39.6. The van der Waals surface area contributed by atoms with Crippen molar-refractivity contribution in [1.29, 1.82) is 0 Å². The highest BCUT2D eigenvalue weighted by molar-refractivity contribution is 7.15. The highest BCUT2D eigenvalue weighted by Gasteiger charge is 2.36. The van der Waals surface area contributed by atoms with Gasteiger partial charge in [-0.3, -0.25) is 9.59 Å². The molecule has 1 N–H and O–H groups in total. The molecular formula is C26H29F2N3O5S. The van der Waals surface area contributed by atoms with Crippen LogP contribution in [-0.4, -0.2) is 65.0 Å². The number of rotatable bonds is 10. The first kappa shape index (κ1) is 26.9. The molecule has 0 saturated heterocycles. The van der Waals surface area contributed by atoms with E-state index < -0.39 is 28.7 Å². The standard InChI is InChI=1S/C26H29F2N3O5S/c1-15(2)11-31-18(14-36-7-6-35-3)12-30-13-20(23(32)24(33)22(30)26(31)34)25-29-10-19(37-25)8-16-4-5-17(27)9-21(16)28/h4-5,9-10,13,15,18,33H,6-8,11-12,14H2,1-3H3/t18-/m1/s1. The second-order valence-electron chi connectivity index (χ2n) is 9.34. The average Bonchev–Trinajstić information content (AvgIpc) is 3.31. The topological polar surface area (TPSA) is 93.9 Å². The molecule has 3 aromatic rings. The number of ether oxygens (including phenoxy) is 2. The predicted octanol–water partition coefficient (Wildman–Crippen LogP) is 3.69. The lowest BCUT2D eigenvalue weighted by molar-refractivity contribution is 0.0133. The normalized spacial score (nSPS) is 15.5. The number of amides is 1. The Kier molecular flexibility index (Phi) is 8.35. The second-order valence-corrected chi connectivity index (χ2v) is 10.5. The molecule has 0 unspecified atom stereocenters. The van der Waals surface area contributed by atoms with E-state index in [0.29, 0.717) is 41.8 Å². The number of benzene rings is 1. The minimum Gasteiger partial charge on any atom is -0.503 e. The van der Waals surface area contributed by atoms with Crippen molar-refractivity contribution in [3.05, 3.63) is 68.6 Å². The van der Waals surface area contributed by atoms with Crippen LogP contribution in [0.4, 0.5) is 8.78 Å². The Balaban J connectivity index is 1.65. The zero-order valence-corrected chi connectivity index (χ0v) is 21.7. The van der Waals surface area contributed by atoms with Gasteiger partial charge in [0, 0.05) is 50.0 Å². The molecule has 0 radical (unpaired) electrons. The number of pyridine rings is 1. The van der Waals surface area contributed by atoms with Crippen LogP contribution in [0.2, 0.25) is 0 Å². The molecule has 1 atom stereocenters. The van der Waals surface area contributed by atoms with Crippen molar-refractivity contribution in [1.82, 2.24) is 14.5 Å². The summed E-state index contributed by atoms with van der Waals surface area (Å²) >= 11 is 1.17. The van der Waals surface area contributed by atoms with Crippen LogP contribution in [0.25, 0.3) is 10.6 Å². The molecule has 1 aromatic carbocycles. The van der Waals surface area contributed by atoms with Gasteiger partial charge in [0.25, 0.3) is 5.91 Å². The fourth-order valence-corrected chi connectivity index (χ4v) is 5.24. The number of aromatic hydroxyl groups is 1. The summed E-state index contributed by atoms with van der Waals surface area (Å²) in [5, 5.41) is 11.1. The highest BCUT2D eigenvalue weighted by Crippen LogP contribution is 2.30. The van der Waals surface area contributed by atoms with Gasteiger partial charge >= 0.3 is 0 Å². The van der Waals surface area contributed by atoms with E-state index >= 15 is 0 Å². The van der Waals surface area contributed by atoms with E-state index in [1.54, 1.807) is 16.6 Å². The molecule has 1 aliphatic heterocycles. The largest absolute Gasteiger partial charge is 0.503 e. The van der Waals surface area contributed by atoms with Crippen molar-refractivity contribution in [2.75, 3.05) is 33.5 Å². The van der Waals surface area contributed by atoms with Crippen LogP contribution in [0, 0.1) is 17.6 Å². The van der Waals surface area contributed by atoms with Crippen LogP contribution in [0.15, 0.2) is 35.4 Å². The maximum absolute atomic E-state index is 14.1. The number of carbonyl (C=O) groups is 1. The minimum absolute atomic E-state index is 0.0623. The fraction of sp³-hybridized carbons (Fsp3) is 0.423. The third kappa shape index (κ3) is 5.89. The predicted molar refractivity (Wildman–Crippen MR) is 135 cm³/mol. The quantitative estimate of drug-likeness (QED) is 0.400. The zero-order chi connectivity index (χ0) is 26.7. The molecule has 2 aromatic heterocycles. The SMILES string of the molecule is COCCOC[C@H]1Cn2cc(-c3ncc(Cc4ccc(F)cc4F)s3)c(=O)c(O)c2C(=O)N1CC(C)C. The molecule has 198 valence electrons. The molecule has 4 rings (SSSR count). The number of nitrogens with zero attached hydrogens (tertiary/aromatic N) is 3. The number of aromatic nitrogens is 2. The number of carbonyl (C=O) groups excluding carboxylic acids is 1. The number of thiazole rings is 1. The molecule has 1 aliphatic rings. The van der Waals surface area contributed by atoms with Gasteiger partial charge in [0.2, 0.25) is 5.43 Å². The molecular weight excluding hydrogens is 504 g/mol. The van der Waals surface area contributed by atoms with Crippen molar-refractivity contribution in [3.63, 3.8) is 0 Å². The lowest BCUT2D eigenvalue weighted by Crippen LogP contribution is -2.52. The van der Waals surface area contributed by atoms with Gasteiger partial charge < -0.3 is 24.0 Å². The number of fused-ring (bicyclic) bond motifs is 1. The summed E-state index contributed by atoms with van der Waals surface area (Å²) in [4.78, 5) is 33.1. The summed E-state index contributed by atoms with van der Waals surface area (Å²) in [6.07, 6.45) is 3.22. The Morgan fingerprint density at radius 2 is 2.03 bits per heavy atom. The molecule has 1 amide bonds. The molecule has 11 heteroatoms. The number of hydrogen-bond acceptors (Lipinski definition) is 7. The van der Waals surface area contributed by atoms with Gasteiger partial charge in [-0.05, 0) is 17.5 Å². The molecule has 0 bridgehead atoms. The van der Waals surface area contributed by atoms with Crippen molar-refractivity contribution < 1.29 is 28.2 Å². The number of methoxy groups -OCH3 is 1. The fourth-order valence-electron chi connectivity index (χ4n) is 4.29. The summed E-state index contributed by atoms with van der Waals surface area (Å²) in [5.74, 6) is -2.22. The zero-order valence-electron chi connectivity index (χ0n) is 20.9. The van der Waals surface area contributed by atoms with E-state index in [0.717, 1.165) is 6.07 Å². The monoisotopic (exact) mass is 533 g/mol. The molecule has 0 aliphatic carbocycles. The third-order valence-electron chi connectivity index (χ3n) is 6.04. The summed E-state index contributed by atoms with van der Waals surface area (Å²) in [7, 11) is 1.58. The van der Waals surface area contributed by atoms with Gasteiger partial charge in [0.05, 0.1) is 31.4 Å². The first-order valence-corrected chi connectivity index (χ1v) is 12.7. The van der Waals surface area contributed by atoms with Crippen LogP contribution in [0.3, 0.4) is 0 Å². The molecule has 37 heavy (non-hydrogen) atoms. The smallest absolute Gasteiger partial charge is 0.274 e. The van der Waals surface area contributed by atoms with Crippen molar-refractivity contribution >= 4 is 17.2 Å². The third-order valence-corrected chi connectivity index (χ3v) is 7.07. The van der Waals surface area contributed by atoms with Gasteiger partial charge in [0.15, 0.2) is 11.4 Å². The molecule has 8 nitrogen and oxygen atoms in total. The summed E-state index contributed by atoms with van der Waals surface area (Å²) in [6, 6.07) is 3.07. The Bertz CT molecular complexity index is 1340. The summed E-state index contributed by atoms with van der Waals surface area (Å²) in [5.41, 5.74) is -0.324. The molecule has 0 fully saturated rings. The van der Waals surface area contributed by atoms with Gasteiger partial charge in [-0.15, -0.1) is 11.3 Å². The minimum atomic E-state index is -0.701. The average molecular weight is 534 g/mol. The molecule has 0 spiro atoms.